The second-order valence-corrected chi connectivity index (χ2v) is 5.01. The third kappa shape index (κ3) is 3.52. The maximum Gasteiger partial charge on any atom is 0.231 e. The molecule has 0 fully saturated rings. The number of carbonyl (C=O) groups is 2. The molecule has 1 heterocycles. The summed E-state index contributed by atoms with van der Waals surface area (Å²) >= 11 is 0. The van der Waals surface area contributed by atoms with E-state index < -0.39 is 0 Å². The Morgan fingerprint density at radius 2 is 1.73 bits per heavy atom. The van der Waals surface area contributed by atoms with Crippen LogP contribution in [0.2, 0.25) is 0 Å². The monoisotopic (exact) mass is 296 g/mol. The average molecular weight is 296 g/mol. The highest BCUT2D eigenvalue weighted by Gasteiger charge is 2.14. The smallest absolute Gasteiger partial charge is 0.231 e. The van der Waals surface area contributed by atoms with Gasteiger partial charge in [-0.05, 0) is 12.1 Å². The van der Waals surface area contributed by atoms with E-state index in [0.29, 0.717) is 13.1 Å². The fourth-order valence-electron chi connectivity index (χ4n) is 2.38. The molecule has 0 N–H and O–H groups in total. The maximum absolute atomic E-state index is 12.3. The second kappa shape index (κ2) is 7.41. The van der Waals surface area contributed by atoms with Gasteiger partial charge in [0.15, 0.2) is 0 Å². The zero-order valence-corrected chi connectivity index (χ0v) is 12.6. The first kappa shape index (κ1) is 15.8. The van der Waals surface area contributed by atoms with E-state index in [9.17, 15) is 9.59 Å². The van der Waals surface area contributed by atoms with Gasteiger partial charge in [0.05, 0.1) is 5.52 Å². The molecule has 0 atom stereocenters. The summed E-state index contributed by atoms with van der Waals surface area (Å²) in [6, 6.07) is 9.59. The highest BCUT2D eigenvalue weighted by atomic mass is 16.2. The van der Waals surface area contributed by atoms with Gasteiger partial charge in [-0.2, -0.15) is 0 Å². The van der Waals surface area contributed by atoms with Gasteiger partial charge < -0.3 is 4.90 Å². The van der Waals surface area contributed by atoms with Crippen molar-refractivity contribution in [3.05, 3.63) is 61.8 Å². The Morgan fingerprint density at radius 3 is 2.41 bits per heavy atom. The van der Waals surface area contributed by atoms with Crippen LogP contribution in [0.3, 0.4) is 0 Å². The van der Waals surface area contributed by atoms with Gasteiger partial charge in [-0.15, -0.1) is 13.2 Å². The molecule has 4 heteroatoms. The number of nitrogens with zero attached hydrogens (tertiary/aromatic N) is 2. The molecule has 1 aromatic carbocycles. The summed E-state index contributed by atoms with van der Waals surface area (Å²) < 4.78 is 1.61. The zero-order chi connectivity index (χ0) is 15.9. The molecule has 114 valence electrons. The standard InChI is InChI=1S/C18H20N2O2/c1-3-12-19(13-4-2)17(21)9-10-18(22)20-14-11-15-7-5-6-8-16(15)20/h3-8,11,14H,1-2,9-10,12-13H2. The SMILES string of the molecule is C=CCN(CC=C)C(=O)CCC(=O)n1ccc2ccccc21. The van der Waals surface area contributed by atoms with E-state index in [0.717, 1.165) is 10.9 Å². The number of aromatic nitrogens is 1. The summed E-state index contributed by atoms with van der Waals surface area (Å²) in [5, 5.41) is 1.02. The summed E-state index contributed by atoms with van der Waals surface area (Å²) in [5.41, 5.74) is 0.869. The van der Waals surface area contributed by atoms with Crippen molar-refractivity contribution in [3.8, 4) is 0 Å². The molecule has 2 aromatic rings. The molecule has 0 radical (unpaired) electrons. The van der Waals surface area contributed by atoms with Crippen LogP contribution >= 0.6 is 0 Å². The fourth-order valence-corrected chi connectivity index (χ4v) is 2.38. The average Bonchev–Trinajstić information content (AvgIpc) is 2.96. The molecule has 0 aliphatic heterocycles. The first-order chi connectivity index (χ1) is 10.7. The quantitative estimate of drug-likeness (QED) is 0.736. The summed E-state index contributed by atoms with van der Waals surface area (Å²) in [6.07, 6.45) is 5.46. The van der Waals surface area contributed by atoms with Crippen molar-refractivity contribution in [2.75, 3.05) is 13.1 Å². The maximum atomic E-state index is 12.3. The minimum atomic E-state index is -0.0771. The van der Waals surface area contributed by atoms with Crippen LogP contribution in [0.5, 0.6) is 0 Å². The van der Waals surface area contributed by atoms with E-state index in [-0.39, 0.29) is 24.7 Å². The van der Waals surface area contributed by atoms with Crippen LogP contribution in [-0.4, -0.2) is 34.4 Å². The van der Waals surface area contributed by atoms with Crippen molar-refractivity contribution in [3.63, 3.8) is 0 Å². The number of rotatable bonds is 7. The van der Waals surface area contributed by atoms with Crippen LogP contribution in [0.15, 0.2) is 61.8 Å². The molecule has 0 aliphatic carbocycles. The molecule has 22 heavy (non-hydrogen) atoms. The molecule has 4 nitrogen and oxygen atoms in total. The van der Waals surface area contributed by atoms with E-state index in [1.165, 1.54) is 0 Å². The van der Waals surface area contributed by atoms with Crippen molar-refractivity contribution in [2.24, 2.45) is 0 Å². The molecule has 0 unspecified atom stereocenters. The minimum Gasteiger partial charge on any atom is -0.335 e. The topological polar surface area (TPSA) is 42.3 Å². The lowest BCUT2D eigenvalue weighted by atomic mass is 10.2. The molecule has 0 bridgehead atoms. The summed E-state index contributed by atoms with van der Waals surface area (Å²) in [7, 11) is 0. The third-order valence-corrected chi connectivity index (χ3v) is 3.47. The number of hydrogen-bond donors (Lipinski definition) is 0. The lowest BCUT2D eigenvalue weighted by molar-refractivity contribution is -0.130. The van der Waals surface area contributed by atoms with Gasteiger partial charge in [-0.3, -0.25) is 14.2 Å². The molecule has 0 saturated heterocycles. The summed E-state index contributed by atoms with van der Waals surface area (Å²) in [4.78, 5) is 26.1. The van der Waals surface area contributed by atoms with Gasteiger partial charge in [-0.25, -0.2) is 0 Å². The lowest BCUT2D eigenvalue weighted by Gasteiger charge is -2.19. The highest BCUT2D eigenvalue weighted by molar-refractivity contribution is 5.93. The van der Waals surface area contributed by atoms with Gasteiger partial charge in [0, 0.05) is 37.5 Å². The zero-order valence-electron chi connectivity index (χ0n) is 12.6. The molecule has 0 aliphatic rings. The van der Waals surface area contributed by atoms with Gasteiger partial charge in [-0.1, -0.05) is 30.4 Å². The first-order valence-corrected chi connectivity index (χ1v) is 7.26. The van der Waals surface area contributed by atoms with Crippen molar-refractivity contribution in [1.82, 2.24) is 9.47 Å². The number of para-hydroxylation sites is 1. The number of benzene rings is 1. The van der Waals surface area contributed by atoms with E-state index in [1.54, 1.807) is 27.8 Å². The predicted molar refractivity (Wildman–Crippen MR) is 88.8 cm³/mol. The Labute approximate surface area is 130 Å². The number of carbonyl (C=O) groups excluding carboxylic acids is 2. The first-order valence-electron chi connectivity index (χ1n) is 7.26. The highest BCUT2D eigenvalue weighted by Crippen LogP contribution is 2.16. The van der Waals surface area contributed by atoms with Crippen molar-refractivity contribution in [2.45, 2.75) is 12.8 Å². The largest absolute Gasteiger partial charge is 0.335 e. The molecular weight excluding hydrogens is 276 g/mol. The number of fused-ring (bicyclic) bond motifs is 1. The molecule has 1 amide bonds. The third-order valence-electron chi connectivity index (χ3n) is 3.47. The Bertz CT molecular complexity index is 690. The van der Waals surface area contributed by atoms with Crippen LogP contribution in [0.1, 0.15) is 17.6 Å². The fraction of sp³-hybridized carbons (Fsp3) is 0.222. The van der Waals surface area contributed by atoms with E-state index >= 15 is 0 Å². The minimum absolute atomic E-state index is 0.0652. The van der Waals surface area contributed by atoms with Crippen LogP contribution < -0.4 is 0 Å². The van der Waals surface area contributed by atoms with Crippen molar-refractivity contribution in [1.29, 1.82) is 0 Å². The molecule has 0 spiro atoms. The van der Waals surface area contributed by atoms with Crippen LogP contribution in [0.4, 0.5) is 0 Å². The van der Waals surface area contributed by atoms with Gasteiger partial charge in [0.25, 0.3) is 0 Å². The Morgan fingerprint density at radius 1 is 1.05 bits per heavy atom. The molecule has 1 aromatic heterocycles. The van der Waals surface area contributed by atoms with Gasteiger partial charge >= 0.3 is 0 Å². The second-order valence-electron chi connectivity index (χ2n) is 5.01. The van der Waals surface area contributed by atoms with Gasteiger partial charge in [0.2, 0.25) is 11.8 Å². The van der Waals surface area contributed by atoms with E-state index in [4.69, 9.17) is 0 Å². The molecular formula is C18H20N2O2. The van der Waals surface area contributed by atoms with E-state index in [1.807, 2.05) is 30.3 Å². The Kier molecular flexibility index (Phi) is 5.31. The number of hydrogen-bond acceptors (Lipinski definition) is 2. The summed E-state index contributed by atoms with van der Waals surface area (Å²) in [5.74, 6) is -0.142. The van der Waals surface area contributed by atoms with Crippen molar-refractivity contribution < 1.29 is 9.59 Å². The van der Waals surface area contributed by atoms with Crippen LogP contribution in [0, 0.1) is 0 Å². The summed E-state index contributed by atoms with van der Waals surface area (Å²) in [6.45, 7) is 8.20. The van der Waals surface area contributed by atoms with E-state index in [2.05, 4.69) is 13.2 Å². The normalized spacial score (nSPS) is 10.4. The van der Waals surface area contributed by atoms with Crippen LogP contribution in [0.25, 0.3) is 10.9 Å². The van der Waals surface area contributed by atoms with Gasteiger partial charge in [0.1, 0.15) is 0 Å². The molecule has 0 saturated carbocycles. The Balaban J connectivity index is 2.01. The number of amides is 1. The van der Waals surface area contributed by atoms with Crippen molar-refractivity contribution >= 4 is 22.7 Å². The molecule has 2 rings (SSSR count). The predicted octanol–water partition coefficient (Wildman–Crippen LogP) is 3.26. The Hall–Kier alpha value is -2.62. The van der Waals surface area contributed by atoms with Crippen LogP contribution in [-0.2, 0) is 4.79 Å². The lowest BCUT2D eigenvalue weighted by Crippen LogP contribution is -2.31.